The van der Waals surface area contributed by atoms with Crippen LogP contribution in [0, 0.1) is 0 Å². The Hall–Kier alpha value is -1.31. The summed E-state index contributed by atoms with van der Waals surface area (Å²) in [5.74, 6) is 0.842. The molecule has 0 N–H and O–H groups in total. The van der Waals surface area contributed by atoms with Crippen LogP contribution < -0.4 is 4.74 Å². The first kappa shape index (κ1) is 9.25. The molecule has 1 aliphatic rings. The van der Waals surface area contributed by atoms with Crippen LogP contribution in [-0.4, -0.2) is 13.4 Å². The van der Waals surface area contributed by atoms with Gasteiger partial charge >= 0.3 is 0 Å². The Morgan fingerprint density at radius 1 is 1.29 bits per heavy atom. The van der Waals surface area contributed by atoms with Gasteiger partial charge in [0, 0.05) is 0 Å². The number of carbonyl (C=O) groups is 1. The molecule has 0 radical (unpaired) electrons. The Morgan fingerprint density at radius 3 is 2.29 bits per heavy atom. The Labute approximate surface area is 83.9 Å². The summed E-state index contributed by atoms with van der Waals surface area (Å²) in [7, 11) is 1.65. The second-order valence-corrected chi connectivity index (χ2v) is 3.86. The third kappa shape index (κ3) is 1.31. The molecule has 0 bridgehead atoms. The molecule has 1 aromatic carbocycles. The molecular weight excluding hydrogens is 176 g/mol. The first-order valence-corrected chi connectivity index (χ1v) is 4.92. The maximum absolute atomic E-state index is 11.0. The second-order valence-electron chi connectivity index (χ2n) is 3.86. The van der Waals surface area contributed by atoms with E-state index in [4.69, 9.17) is 4.74 Å². The minimum Gasteiger partial charge on any atom is -0.497 e. The predicted molar refractivity (Wildman–Crippen MR) is 54.6 cm³/mol. The van der Waals surface area contributed by atoms with Gasteiger partial charge in [0.15, 0.2) is 0 Å². The summed E-state index contributed by atoms with van der Waals surface area (Å²) >= 11 is 0. The summed E-state index contributed by atoms with van der Waals surface area (Å²) in [5, 5.41) is 0. The number of hydrogen-bond acceptors (Lipinski definition) is 2. The lowest BCUT2D eigenvalue weighted by atomic mass is 9.65. The molecule has 0 saturated heterocycles. The van der Waals surface area contributed by atoms with Crippen LogP contribution in [-0.2, 0) is 10.2 Å². The van der Waals surface area contributed by atoms with E-state index in [1.807, 2.05) is 24.3 Å². The van der Waals surface area contributed by atoms with E-state index in [0.29, 0.717) is 0 Å². The molecule has 0 aromatic heterocycles. The highest BCUT2D eigenvalue weighted by Gasteiger charge is 2.38. The number of carbonyl (C=O) groups excluding carboxylic acids is 1. The van der Waals surface area contributed by atoms with Crippen LogP contribution >= 0.6 is 0 Å². The number of methoxy groups -OCH3 is 1. The normalized spacial score (nSPS) is 18.4. The van der Waals surface area contributed by atoms with Crippen molar-refractivity contribution in [2.24, 2.45) is 0 Å². The largest absolute Gasteiger partial charge is 0.497 e. The van der Waals surface area contributed by atoms with Gasteiger partial charge in [0.05, 0.1) is 12.5 Å². The fraction of sp³-hybridized carbons (Fsp3) is 0.417. The van der Waals surface area contributed by atoms with Crippen molar-refractivity contribution in [1.82, 2.24) is 0 Å². The second kappa shape index (κ2) is 3.45. The van der Waals surface area contributed by atoms with E-state index in [1.54, 1.807) is 7.11 Å². The third-order valence-corrected chi connectivity index (χ3v) is 3.14. The molecule has 2 rings (SSSR count). The highest BCUT2D eigenvalue weighted by atomic mass is 16.5. The third-order valence-electron chi connectivity index (χ3n) is 3.14. The molecule has 1 aromatic rings. The van der Waals surface area contributed by atoms with E-state index in [0.717, 1.165) is 36.9 Å². The van der Waals surface area contributed by atoms with E-state index in [2.05, 4.69) is 0 Å². The quantitative estimate of drug-likeness (QED) is 0.684. The molecule has 1 aliphatic carbocycles. The van der Waals surface area contributed by atoms with Crippen molar-refractivity contribution in [1.29, 1.82) is 0 Å². The fourth-order valence-corrected chi connectivity index (χ4v) is 1.96. The van der Waals surface area contributed by atoms with E-state index >= 15 is 0 Å². The monoisotopic (exact) mass is 190 g/mol. The van der Waals surface area contributed by atoms with Gasteiger partial charge in [0.2, 0.25) is 0 Å². The lowest BCUT2D eigenvalue weighted by Crippen LogP contribution is -2.35. The molecule has 2 nitrogen and oxygen atoms in total. The number of rotatable bonds is 3. The minimum absolute atomic E-state index is 0.188. The van der Waals surface area contributed by atoms with Crippen molar-refractivity contribution in [3.63, 3.8) is 0 Å². The van der Waals surface area contributed by atoms with Gasteiger partial charge in [-0.2, -0.15) is 0 Å². The van der Waals surface area contributed by atoms with Gasteiger partial charge in [0.25, 0.3) is 0 Å². The van der Waals surface area contributed by atoms with Gasteiger partial charge in [0.1, 0.15) is 12.0 Å². The van der Waals surface area contributed by atoms with Crippen molar-refractivity contribution in [2.45, 2.75) is 24.7 Å². The molecule has 0 spiro atoms. The molecule has 0 heterocycles. The first-order chi connectivity index (χ1) is 6.80. The number of aldehydes is 1. The van der Waals surface area contributed by atoms with E-state index in [9.17, 15) is 4.79 Å². The minimum atomic E-state index is -0.188. The van der Waals surface area contributed by atoms with Crippen molar-refractivity contribution >= 4 is 6.29 Å². The molecule has 1 fully saturated rings. The Kier molecular flexibility index (Phi) is 2.28. The summed E-state index contributed by atoms with van der Waals surface area (Å²) in [6.07, 6.45) is 4.23. The molecule has 0 aliphatic heterocycles. The summed E-state index contributed by atoms with van der Waals surface area (Å²) < 4.78 is 5.08. The van der Waals surface area contributed by atoms with Crippen molar-refractivity contribution < 1.29 is 9.53 Å². The smallest absolute Gasteiger partial charge is 0.130 e. The Balaban J connectivity index is 2.27. The van der Waals surface area contributed by atoms with Crippen LogP contribution in [0.4, 0.5) is 0 Å². The first-order valence-electron chi connectivity index (χ1n) is 4.92. The topological polar surface area (TPSA) is 26.3 Å². The van der Waals surface area contributed by atoms with Gasteiger partial charge < -0.3 is 9.53 Å². The molecule has 1 saturated carbocycles. The van der Waals surface area contributed by atoms with Crippen LogP contribution in [0.15, 0.2) is 24.3 Å². The maximum atomic E-state index is 11.0. The average molecular weight is 190 g/mol. The number of ether oxygens (including phenoxy) is 1. The average Bonchev–Trinajstić information content (AvgIpc) is 2.18. The predicted octanol–water partition coefficient (Wildman–Crippen LogP) is 2.32. The maximum Gasteiger partial charge on any atom is 0.130 e. The lowest BCUT2D eigenvalue weighted by molar-refractivity contribution is -0.115. The molecule has 2 heteroatoms. The Morgan fingerprint density at radius 2 is 1.93 bits per heavy atom. The van der Waals surface area contributed by atoms with Crippen LogP contribution in [0.25, 0.3) is 0 Å². The molecule has 74 valence electrons. The summed E-state index contributed by atoms with van der Waals surface area (Å²) in [5.41, 5.74) is 0.936. The zero-order chi connectivity index (χ0) is 10.0. The van der Waals surface area contributed by atoms with E-state index < -0.39 is 0 Å². The zero-order valence-corrected chi connectivity index (χ0v) is 8.32. The van der Waals surface area contributed by atoms with Crippen LogP contribution in [0.5, 0.6) is 5.75 Å². The van der Waals surface area contributed by atoms with Crippen LogP contribution in [0.3, 0.4) is 0 Å². The number of hydrogen-bond donors (Lipinski definition) is 0. The van der Waals surface area contributed by atoms with Crippen LogP contribution in [0.2, 0.25) is 0 Å². The molecule has 14 heavy (non-hydrogen) atoms. The van der Waals surface area contributed by atoms with E-state index in [-0.39, 0.29) is 5.41 Å². The van der Waals surface area contributed by atoms with Gasteiger partial charge in [-0.1, -0.05) is 18.6 Å². The molecule has 0 atom stereocenters. The summed E-state index contributed by atoms with van der Waals surface area (Å²) in [4.78, 5) is 11.0. The van der Waals surface area contributed by atoms with Gasteiger partial charge in [-0.05, 0) is 30.5 Å². The highest BCUT2D eigenvalue weighted by molar-refractivity contribution is 5.70. The molecular formula is C12H14O2. The fourth-order valence-electron chi connectivity index (χ4n) is 1.96. The van der Waals surface area contributed by atoms with Crippen molar-refractivity contribution in [3.05, 3.63) is 29.8 Å². The summed E-state index contributed by atoms with van der Waals surface area (Å²) in [6.45, 7) is 0. The van der Waals surface area contributed by atoms with Crippen molar-refractivity contribution in [2.75, 3.05) is 7.11 Å². The van der Waals surface area contributed by atoms with Gasteiger partial charge in [-0.15, -0.1) is 0 Å². The lowest BCUT2D eigenvalue weighted by Gasteiger charge is -2.37. The highest BCUT2D eigenvalue weighted by Crippen LogP contribution is 2.42. The van der Waals surface area contributed by atoms with Crippen LogP contribution in [0.1, 0.15) is 24.8 Å². The summed E-state index contributed by atoms with van der Waals surface area (Å²) in [6, 6.07) is 7.82. The van der Waals surface area contributed by atoms with Gasteiger partial charge in [-0.3, -0.25) is 0 Å². The van der Waals surface area contributed by atoms with Gasteiger partial charge in [-0.25, -0.2) is 0 Å². The van der Waals surface area contributed by atoms with Crippen molar-refractivity contribution in [3.8, 4) is 5.75 Å². The SMILES string of the molecule is COc1ccc(C2(C=O)CCC2)cc1. The number of benzene rings is 1. The van der Waals surface area contributed by atoms with E-state index in [1.165, 1.54) is 0 Å². The standard InChI is InChI=1S/C12H14O2/c1-14-11-5-3-10(4-6-11)12(9-13)7-2-8-12/h3-6,9H,2,7-8H2,1H3. The Bertz CT molecular complexity index is 323. The molecule has 0 amide bonds. The molecule has 0 unspecified atom stereocenters. The zero-order valence-electron chi connectivity index (χ0n) is 8.32.